The second kappa shape index (κ2) is 5.42. The van der Waals surface area contributed by atoms with Gasteiger partial charge in [-0.1, -0.05) is 12.1 Å². The summed E-state index contributed by atoms with van der Waals surface area (Å²) in [5.74, 6) is 0.676. The van der Waals surface area contributed by atoms with Crippen LogP contribution in [-0.2, 0) is 4.79 Å². The molecule has 18 heavy (non-hydrogen) atoms. The smallest absolute Gasteiger partial charge is 0.261 e. The number of hydrogen-bond donors (Lipinski definition) is 1. The first-order valence-corrected chi connectivity index (χ1v) is 6.25. The maximum absolute atomic E-state index is 11.9. The Kier molecular flexibility index (Phi) is 4.38. The third-order valence-corrected chi connectivity index (χ3v) is 2.73. The van der Waals surface area contributed by atoms with Crippen molar-refractivity contribution >= 4 is 5.91 Å². The zero-order valence-electron chi connectivity index (χ0n) is 12.1. The minimum absolute atomic E-state index is 0.0941. The lowest BCUT2D eigenvalue weighted by molar-refractivity contribution is -0.128. The highest BCUT2D eigenvalue weighted by atomic mass is 16.5. The van der Waals surface area contributed by atoms with Crippen LogP contribution in [0.3, 0.4) is 0 Å². The van der Waals surface area contributed by atoms with E-state index >= 15 is 0 Å². The Bertz CT molecular complexity index is 433. The minimum atomic E-state index is -0.496. The summed E-state index contributed by atoms with van der Waals surface area (Å²) in [4.78, 5) is 11.9. The summed E-state index contributed by atoms with van der Waals surface area (Å²) in [5, 5.41) is 2.91. The minimum Gasteiger partial charge on any atom is -0.481 e. The summed E-state index contributed by atoms with van der Waals surface area (Å²) in [7, 11) is 0. The van der Waals surface area contributed by atoms with Gasteiger partial charge in [-0.2, -0.15) is 0 Å². The van der Waals surface area contributed by atoms with Crippen LogP contribution in [0.25, 0.3) is 0 Å². The summed E-state index contributed by atoms with van der Waals surface area (Å²) in [5.41, 5.74) is 2.00. The first kappa shape index (κ1) is 14.6. The fourth-order valence-electron chi connectivity index (χ4n) is 1.57. The normalized spacial score (nSPS) is 13.0. The van der Waals surface area contributed by atoms with Crippen LogP contribution in [0.4, 0.5) is 0 Å². The molecule has 100 valence electrons. The van der Waals surface area contributed by atoms with Crippen molar-refractivity contribution in [3.63, 3.8) is 0 Å². The molecule has 0 unspecified atom stereocenters. The van der Waals surface area contributed by atoms with Crippen LogP contribution in [0.2, 0.25) is 0 Å². The maximum Gasteiger partial charge on any atom is 0.261 e. The van der Waals surface area contributed by atoms with Crippen molar-refractivity contribution in [3.05, 3.63) is 29.3 Å². The first-order chi connectivity index (χ1) is 8.20. The number of rotatable bonds is 3. The van der Waals surface area contributed by atoms with Crippen molar-refractivity contribution < 1.29 is 9.53 Å². The van der Waals surface area contributed by atoms with Gasteiger partial charge in [0.25, 0.3) is 5.91 Å². The molecule has 0 aliphatic heterocycles. The lowest BCUT2D eigenvalue weighted by atomic mass is 10.1. The Labute approximate surface area is 110 Å². The van der Waals surface area contributed by atoms with Gasteiger partial charge in [0.1, 0.15) is 5.75 Å². The lowest BCUT2D eigenvalue weighted by Gasteiger charge is -2.24. The van der Waals surface area contributed by atoms with Gasteiger partial charge in [-0.15, -0.1) is 0 Å². The van der Waals surface area contributed by atoms with E-state index < -0.39 is 6.10 Å². The number of nitrogens with one attached hydrogen (secondary N) is 1. The topological polar surface area (TPSA) is 38.3 Å². The highest BCUT2D eigenvalue weighted by Gasteiger charge is 2.21. The Morgan fingerprint density at radius 3 is 2.44 bits per heavy atom. The van der Waals surface area contributed by atoms with Gasteiger partial charge < -0.3 is 10.1 Å². The van der Waals surface area contributed by atoms with E-state index in [2.05, 4.69) is 5.32 Å². The monoisotopic (exact) mass is 249 g/mol. The number of hydrogen-bond acceptors (Lipinski definition) is 2. The van der Waals surface area contributed by atoms with Crippen LogP contribution in [0.5, 0.6) is 5.75 Å². The van der Waals surface area contributed by atoms with E-state index in [1.165, 1.54) is 0 Å². The third-order valence-electron chi connectivity index (χ3n) is 2.73. The molecule has 3 heteroatoms. The van der Waals surface area contributed by atoms with Crippen LogP contribution in [0, 0.1) is 13.8 Å². The summed E-state index contributed by atoms with van der Waals surface area (Å²) < 4.78 is 5.72. The van der Waals surface area contributed by atoms with Crippen LogP contribution in [0.15, 0.2) is 18.2 Å². The van der Waals surface area contributed by atoms with Gasteiger partial charge in [-0.3, -0.25) is 4.79 Å². The molecule has 0 saturated carbocycles. The van der Waals surface area contributed by atoms with E-state index in [4.69, 9.17) is 4.74 Å². The first-order valence-electron chi connectivity index (χ1n) is 6.25. The van der Waals surface area contributed by atoms with Crippen LogP contribution in [0.1, 0.15) is 38.8 Å². The van der Waals surface area contributed by atoms with Crippen LogP contribution >= 0.6 is 0 Å². The van der Waals surface area contributed by atoms with Gasteiger partial charge in [0, 0.05) is 5.54 Å². The molecule has 0 fully saturated rings. The van der Waals surface area contributed by atoms with Crippen molar-refractivity contribution in [2.75, 3.05) is 0 Å². The second-order valence-corrected chi connectivity index (χ2v) is 5.70. The molecule has 0 spiro atoms. The molecule has 0 radical (unpaired) electrons. The van der Waals surface area contributed by atoms with Gasteiger partial charge >= 0.3 is 0 Å². The van der Waals surface area contributed by atoms with Crippen molar-refractivity contribution in [2.24, 2.45) is 0 Å². The standard InChI is InChI=1S/C15H23NO2/c1-10-8-7-9-13(11(10)2)18-12(3)14(17)16-15(4,5)6/h7-9,12H,1-6H3,(H,16,17)/t12-/m0/s1. The Hall–Kier alpha value is -1.51. The van der Waals surface area contributed by atoms with Crippen LogP contribution < -0.4 is 10.1 Å². The van der Waals surface area contributed by atoms with Crippen molar-refractivity contribution in [2.45, 2.75) is 53.2 Å². The molecular weight excluding hydrogens is 226 g/mol. The van der Waals surface area contributed by atoms with Gasteiger partial charge in [0.05, 0.1) is 0 Å². The molecular formula is C15H23NO2. The zero-order valence-corrected chi connectivity index (χ0v) is 12.1. The highest BCUT2D eigenvalue weighted by molar-refractivity contribution is 5.81. The van der Waals surface area contributed by atoms with E-state index in [1.54, 1.807) is 6.92 Å². The number of amides is 1. The molecule has 1 amide bonds. The Balaban J connectivity index is 2.73. The quantitative estimate of drug-likeness (QED) is 0.894. The van der Waals surface area contributed by atoms with Crippen molar-refractivity contribution in [3.8, 4) is 5.75 Å². The second-order valence-electron chi connectivity index (χ2n) is 5.70. The third kappa shape index (κ3) is 4.06. The fraction of sp³-hybridized carbons (Fsp3) is 0.533. The molecule has 0 bridgehead atoms. The van der Waals surface area contributed by atoms with Crippen molar-refractivity contribution in [1.29, 1.82) is 0 Å². The summed E-state index contributed by atoms with van der Waals surface area (Å²) in [6.07, 6.45) is -0.496. The molecule has 3 nitrogen and oxygen atoms in total. The highest BCUT2D eigenvalue weighted by Crippen LogP contribution is 2.21. The predicted octanol–water partition coefficient (Wildman–Crippen LogP) is 2.99. The zero-order chi connectivity index (χ0) is 13.9. The van der Waals surface area contributed by atoms with Gasteiger partial charge in [-0.05, 0) is 58.7 Å². The fourth-order valence-corrected chi connectivity index (χ4v) is 1.57. The summed E-state index contributed by atoms with van der Waals surface area (Å²) >= 11 is 0. The van der Waals surface area contributed by atoms with E-state index in [0.717, 1.165) is 16.9 Å². The summed E-state index contributed by atoms with van der Waals surface area (Å²) in [6.45, 7) is 11.7. The van der Waals surface area contributed by atoms with Gasteiger partial charge in [-0.25, -0.2) is 0 Å². The van der Waals surface area contributed by atoms with E-state index in [-0.39, 0.29) is 11.4 Å². The number of carbonyl (C=O) groups excluding carboxylic acids is 1. The number of aryl methyl sites for hydroxylation is 1. The van der Waals surface area contributed by atoms with Gasteiger partial charge in [0.15, 0.2) is 6.10 Å². The Morgan fingerprint density at radius 2 is 1.89 bits per heavy atom. The maximum atomic E-state index is 11.9. The molecule has 1 atom stereocenters. The molecule has 0 heterocycles. The average molecular weight is 249 g/mol. The molecule has 1 N–H and O–H groups in total. The SMILES string of the molecule is Cc1cccc(O[C@@H](C)C(=O)NC(C)(C)C)c1C. The Morgan fingerprint density at radius 1 is 1.28 bits per heavy atom. The van der Waals surface area contributed by atoms with E-state index in [1.807, 2.05) is 52.8 Å². The predicted molar refractivity (Wildman–Crippen MR) is 73.9 cm³/mol. The average Bonchev–Trinajstić information content (AvgIpc) is 2.22. The van der Waals surface area contributed by atoms with E-state index in [0.29, 0.717) is 0 Å². The molecule has 0 aromatic heterocycles. The molecule has 0 saturated heterocycles. The molecule has 0 aliphatic carbocycles. The molecule has 1 aromatic rings. The van der Waals surface area contributed by atoms with Crippen LogP contribution in [-0.4, -0.2) is 17.6 Å². The number of carbonyl (C=O) groups is 1. The molecule has 0 aliphatic rings. The lowest BCUT2D eigenvalue weighted by Crippen LogP contribution is -2.46. The van der Waals surface area contributed by atoms with E-state index in [9.17, 15) is 4.79 Å². The van der Waals surface area contributed by atoms with Crippen molar-refractivity contribution in [1.82, 2.24) is 5.32 Å². The van der Waals surface area contributed by atoms with Gasteiger partial charge in [0.2, 0.25) is 0 Å². The number of ether oxygens (including phenoxy) is 1. The molecule has 1 rings (SSSR count). The largest absolute Gasteiger partial charge is 0.481 e. The number of benzene rings is 1. The summed E-state index contributed by atoms with van der Waals surface area (Å²) in [6, 6.07) is 5.86. The molecule has 1 aromatic carbocycles.